The average Bonchev–Trinajstić information content (AvgIpc) is 3.68. The first-order valence-electron chi connectivity index (χ1n) is 13.3. The SMILES string of the molecule is O=C(NC1CC1)c1ccc(F)c(OC(=O)C(F)(F)F)c1OC[C@@H](O)CN1CCC(n2c(=O)[nH]c3cc(F)ccc32)CC1. The minimum Gasteiger partial charge on any atom is -0.486 e. The quantitative estimate of drug-likeness (QED) is 0.197. The van der Waals surface area contributed by atoms with Gasteiger partial charge in [-0.05, 0) is 56.0 Å². The summed E-state index contributed by atoms with van der Waals surface area (Å²) in [6.07, 6.45) is -4.20. The number of ether oxygens (including phenoxy) is 2. The lowest BCUT2D eigenvalue weighted by molar-refractivity contribution is -0.190. The second-order valence-electron chi connectivity index (χ2n) is 10.3. The number of likely N-dealkylation sites (tertiary alicyclic amines) is 1. The number of imidazole rings is 1. The van der Waals surface area contributed by atoms with Gasteiger partial charge < -0.3 is 29.8 Å². The number of nitrogens with one attached hydrogen (secondary N) is 2. The number of hydrogen-bond donors (Lipinski definition) is 3. The first kappa shape index (κ1) is 29.5. The van der Waals surface area contributed by atoms with Gasteiger partial charge in [0.2, 0.25) is 5.75 Å². The van der Waals surface area contributed by atoms with Gasteiger partial charge >= 0.3 is 17.8 Å². The van der Waals surface area contributed by atoms with Crippen LogP contribution in [-0.4, -0.2) is 76.0 Å². The van der Waals surface area contributed by atoms with Gasteiger partial charge in [0.05, 0.1) is 16.6 Å². The third kappa shape index (κ3) is 6.57. The Morgan fingerprint density at radius 1 is 1.07 bits per heavy atom. The standard InChI is InChI=1S/C27H27F5N4O6/c28-14-1-6-21-20(11-14)34-26(40)36(21)16-7-9-35(10-8-16)12-17(37)13-41-22-18(24(38)33-15-2-3-15)4-5-19(29)23(22)42-25(39)27(30,31)32/h1,4-6,11,15-17,37H,2-3,7-10,12-13H2,(H,33,38)(H,34,40)/t17-/m0/s1. The minimum absolute atomic E-state index is 0.0529. The van der Waals surface area contributed by atoms with E-state index in [-0.39, 0.29) is 29.9 Å². The summed E-state index contributed by atoms with van der Waals surface area (Å²) in [5.41, 5.74) is 0.246. The summed E-state index contributed by atoms with van der Waals surface area (Å²) in [7, 11) is 0. The van der Waals surface area contributed by atoms with Gasteiger partial charge in [0.1, 0.15) is 18.5 Å². The molecule has 0 radical (unpaired) electrons. The molecule has 2 aromatic carbocycles. The van der Waals surface area contributed by atoms with Gasteiger partial charge in [0.25, 0.3) is 5.91 Å². The third-order valence-electron chi connectivity index (χ3n) is 7.14. The number of aliphatic hydroxyl groups excluding tert-OH is 1. The second kappa shape index (κ2) is 11.7. The Morgan fingerprint density at radius 2 is 1.79 bits per heavy atom. The summed E-state index contributed by atoms with van der Waals surface area (Å²) in [5.74, 6) is -7.24. The number of H-pyrrole nitrogens is 1. The average molecular weight is 599 g/mol. The van der Waals surface area contributed by atoms with Crippen molar-refractivity contribution in [1.82, 2.24) is 19.8 Å². The van der Waals surface area contributed by atoms with E-state index in [1.54, 1.807) is 4.57 Å². The number of alkyl halides is 3. The molecule has 1 amide bonds. The molecule has 0 unspecified atom stereocenters. The van der Waals surface area contributed by atoms with E-state index in [9.17, 15) is 41.4 Å². The molecule has 3 N–H and O–H groups in total. The summed E-state index contributed by atoms with van der Waals surface area (Å²) < 4.78 is 77.9. The molecule has 1 aliphatic heterocycles. The molecule has 2 fully saturated rings. The Morgan fingerprint density at radius 3 is 2.45 bits per heavy atom. The van der Waals surface area contributed by atoms with Crippen molar-refractivity contribution in [2.45, 2.75) is 50.0 Å². The number of piperidine rings is 1. The fourth-order valence-corrected chi connectivity index (χ4v) is 4.95. The Kier molecular flexibility index (Phi) is 8.23. The lowest BCUT2D eigenvalue weighted by Gasteiger charge is -2.33. The van der Waals surface area contributed by atoms with E-state index in [0.717, 1.165) is 6.07 Å². The van der Waals surface area contributed by atoms with Crippen LogP contribution in [0.25, 0.3) is 11.0 Å². The molecule has 2 heterocycles. The molecule has 5 rings (SSSR count). The number of β-amino-alcohol motifs (C(OH)–C–C–N with tert-alkyl or cyclic N) is 1. The number of carbonyl (C=O) groups excluding carboxylic acids is 2. The molecule has 2 aliphatic rings. The van der Waals surface area contributed by atoms with Crippen molar-refractivity contribution in [3.05, 3.63) is 58.0 Å². The van der Waals surface area contributed by atoms with Crippen molar-refractivity contribution in [3.8, 4) is 11.5 Å². The number of hydrogen-bond acceptors (Lipinski definition) is 7. The van der Waals surface area contributed by atoms with E-state index in [1.807, 2.05) is 4.90 Å². The number of fused-ring (bicyclic) bond motifs is 1. The topological polar surface area (TPSA) is 126 Å². The van der Waals surface area contributed by atoms with E-state index in [2.05, 4.69) is 15.0 Å². The van der Waals surface area contributed by atoms with Crippen molar-refractivity contribution < 1.29 is 46.1 Å². The summed E-state index contributed by atoms with van der Waals surface area (Å²) in [6, 6.07) is 5.40. The number of aromatic amines is 1. The van der Waals surface area contributed by atoms with Crippen LogP contribution in [-0.2, 0) is 4.79 Å². The number of esters is 1. The van der Waals surface area contributed by atoms with Crippen molar-refractivity contribution in [1.29, 1.82) is 0 Å². The first-order chi connectivity index (χ1) is 19.9. The van der Waals surface area contributed by atoms with E-state index in [0.29, 0.717) is 55.9 Å². The number of halogens is 5. The van der Waals surface area contributed by atoms with Gasteiger partial charge in [-0.2, -0.15) is 13.2 Å². The van der Waals surface area contributed by atoms with Crippen LogP contribution in [0.1, 0.15) is 42.1 Å². The third-order valence-corrected chi connectivity index (χ3v) is 7.14. The van der Waals surface area contributed by atoms with Gasteiger partial charge in [0.15, 0.2) is 11.6 Å². The number of aromatic nitrogens is 2. The Balaban J connectivity index is 1.24. The second-order valence-corrected chi connectivity index (χ2v) is 10.3. The Labute approximate surface area is 235 Å². The number of aliphatic hydroxyl groups is 1. The lowest BCUT2D eigenvalue weighted by Crippen LogP contribution is -2.42. The molecule has 1 saturated carbocycles. The number of benzene rings is 2. The molecule has 10 nitrogen and oxygen atoms in total. The zero-order valence-corrected chi connectivity index (χ0v) is 22.0. The maximum absolute atomic E-state index is 14.5. The highest BCUT2D eigenvalue weighted by molar-refractivity contribution is 5.98. The highest BCUT2D eigenvalue weighted by Crippen LogP contribution is 2.37. The van der Waals surface area contributed by atoms with Crippen molar-refractivity contribution in [3.63, 3.8) is 0 Å². The Bertz CT molecular complexity index is 1540. The van der Waals surface area contributed by atoms with Crippen LogP contribution in [0.2, 0.25) is 0 Å². The van der Waals surface area contributed by atoms with E-state index >= 15 is 0 Å². The van der Waals surface area contributed by atoms with Crippen LogP contribution in [0.15, 0.2) is 35.1 Å². The molecule has 0 spiro atoms. The maximum atomic E-state index is 14.5. The summed E-state index contributed by atoms with van der Waals surface area (Å²) in [4.78, 5) is 41.2. The molecule has 15 heteroatoms. The van der Waals surface area contributed by atoms with Gasteiger partial charge in [-0.3, -0.25) is 9.36 Å². The van der Waals surface area contributed by atoms with Crippen LogP contribution in [0.4, 0.5) is 22.0 Å². The Hall–Kier alpha value is -3.98. The summed E-state index contributed by atoms with van der Waals surface area (Å²) >= 11 is 0. The largest absolute Gasteiger partial charge is 0.491 e. The zero-order chi connectivity index (χ0) is 30.2. The van der Waals surface area contributed by atoms with E-state index in [1.165, 1.54) is 18.2 Å². The smallest absolute Gasteiger partial charge is 0.486 e. The van der Waals surface area contributed by atoms with E-state index in [4.69, 9.17) is 4.74 Å². The molecule has 3 aromatic rings. The number of carbonyl (C=O) groups is 2. The van der Waals surface area contributed by atoms with Crippen LogP contribution < -0.4 is 20.5 Å². The number of rotatable bonds is 9. The summed E-state index contributed by atoms with van der Waals surface area (Å²) in [6.45, 7) is 0.422. The van der Waals surface area contributed by atoms with Gasteiger partial charge in [-0.15, -0.1) is 0 Å². The monoisotopic (exact) mass is 598 g/mol. The fraction of sp³-hybridized carbons (Fsp3) is 0.444. The molecular formula is C27H27F5N4O6. The number of nitrogens with zero attached hydrogens (tertiary/aromatic N) is 2. The molecule has 226 valence electrons. The highest BCUT2D eigenvalue weighted by Gasteiger charge is 2.43. The van der Waals surface area contributed by atoms with Gasteiger partial charge in [0, 0.05) is 31.7 Å². The van der Waals surface area contributed by atoms with Crippen molar-refractivity contribution in [2.24, 2.45) is 0 Å². The minimum atomic E-state index is -5.43. The highest BCUT2D eigenvalue weighted by atomic mass is 19.4. The molecule has 1 saturated heterocycles. The molecule has 0 bridgehead atoms. The van der Waals surface area contributed by atoms with Crippen LogP contribution in [0.3, 0.4) is 0 Å². The predicted octanol–water partition coefficient (Wildman–Crippen LogP) is 3.04. The molecule has 42 heavy (non-hydrogen) atoms. The van der Waals surface area contributed by atoms with Crippen LogP contribution in [0.5, 0.6) is 11.5 Å². The predicted molar refractivity (Wildman–Crippen MR) is 137 cm³/mol. The van der Waals surface area contributed by atoms with Crippen molar-refractivity contribution in [2.75, 3.05) is 26.2 Å². The first-order valence-corrected chi connectivity index (χ1v) is 13.3. The van der Waals surface area contributed by atoms with Crippen molar-refractivity contribution >= 4 is 22.9 Å². The van der Waals surface area contributed by atoms with Gasteiger partial charge in [-0.1, -0.05) is 0 Å². The lowest BCUT2D eigenvalue weighted by atomic mass is 10.0. The molecule has 1 atom stereocenters. The summed E-state index contributed by atoms with van der Waals surface area (Å²) in [5, 5.41) is 13.2. The van der Waals surface area contributed by atoms with Gasteiger partial charge in [-0.25, -0.2) is 18.4 Å². The zero-order valence-electron chi connectivity index (χ0n) is 22.0. The van der Waals surface area contributed by atoms with Crippen LogP contribution >= 0.6 is 0 Å². The maximum Gasteiger partial charge on any atom is 0.491 e. The fourth-order valence-electron chi connectivity index (χ4n) is 4.95. The normalized spacial score (nSPS) is 17.3. The molecule has 1 aromatic heterocycles. The molecular weight excluding hydrogens is 571 g/mol. The van der Waals surface area contributed by atoms with E-state index < -0.39 is 53.9 Å². The molecule has 1 aliphatic carbocycles. The van der Waals surface area contributed by atoms with Crippen LogP contribution in [0, 0.1) is 11.6 Å². The number of amides is 1.